The average molecular weight is 247 g/mol. The first kappa shape index (κ1) is 12.8. The normalized spacial score (nSPS) is 11.4. The minimum Gasteiger partial charge on any atom is -0.308 e. The van der Waals surface area contributed by atoms with E-state index in [1.54, 1.807) is 0 Å². The van der Waals surface area contributed by atoms with Crippen LogP contribution in [0.4, 0.5) is 0 Å². The molecule has 0 saturated heterocycles. The minimum absolute atomic E-state index is 0.416. The number of aryl methyl sites for hydroxylation is 1. The van der Waals surface area contributed by atoms with Crippen molar-refractivity contribution in [2.45, 2.75) is 39.9 Å². The van der Waals surface area contributed by atoms with Gasteiger partial charge in [-0.25, -0.2) is 0 Å². The first-order valence-corrected chi connectivity index (χ1v) is 6.29. The summed E-state index contributed by atoms with van der Waals surface area (Å²) in [5.74, 6) is 0. The summed E-state index contributed by atoms with van der Waals surface area (Å²) in [5.41, 5.74) is 3.67. The van der Waals surface area contributed by atoms with Crippen LogP contribution in [-0.4, -0.2) is 19.6 Å². The monoisotopic (exact) mass is 247 g/mol. The molecule has 2 rings (SSSR count). The predicted octanol–water partition coefficient (Wildman–Crippen LogP) is 1.80. The van der Waals surface area contributed by atoms with Crippen molar-refractivity contribution in [1.29, 1.82) is 0 Å². The van der Waals surface area contributed by atoms with Gasteiger partial charge >= 0.3 is 0 Å². The number of hydrogen-bond donors (Lipinski definition) is 1. The van der Waals surface area contributed by atoms with Gasteiger partial charge in [0, 0.05) is 49.2 Å². The Kier molecular flexibility index (Phi) is 3.81. The molecule has 0 aromatic carbocycles. The molecule has 0 radical (unpaired) electrons. The van der Waals surface area contributed by atoms with Gasteiger partial charge in [0.15, 0.2) is 0 Å². The molecule has 0 aliphatic carbocycles. The Morgan fingerprint density at radius 1 is 1.22 bits per heavy atom. The van der Waals surface area contributed by atoms with Crippen LogP contribution in [0.15, 0.2) is 18.6 Å². The molecule has 18 heavy (non-hydrogen) atoms. The van der Waals surface area contributed by atoms with Gasteiger partial charge in [0.25, 0.3) is 0 Å². The summed E-state index contributed by atoms with van der Waals surface area (Å²) in [6.07, 6.45) is 5.93. The summed E-state index contributed by atoms with van der Waals surface area (Å²) in [6, 6.07) is 0.416. The van der Waals surface area contributed by atoms with E-state index in [1.807, 2.05) is 28.8 Å². The number of hydrogen-bond acceptors (Lipinski definition) is 3. The Hall–Kier alpha value is -1.62. The first-order chi connectivity index (χ1) is 8.58. The van der Waals surface area contributed by atoms with Gasteiger partial charge in [-0.15, -0.1) is 0 Å². The Balaban J connectivity index is 1.86. The van der Waals surface area contributed by atoms with Gasteiger partial charge in [0.1, 0.15) is 0 Å². The van der Waals surface area contributed by atoms with Crippen LogP contribution >= 0.6 is 0 Å². The third-order valence-corrected chi connectivity index (χ3v) is 3.17. The second-order valence-electron chi connectivity index (χ2n) is 4.90. The fourth-order valence-electron chi connectivity index (χ4n) is 1.81. The van der Waals surface area contributed by atoms with E-state index in [2.05, 4.69) is 42.5 Å². The lowest BCUT2D eigenvalue weighted by atomic mass is 10.2. The van der Waals surface area contributed by atoms with E-state index < -0.39 is 0 Å². The van der Waals surface area contributed by atoms with Crippen molar-refractivity contribution < 1.29 is 0 Å². The van der Waals surface area contributed by atoms with Crippen LogP contribution in [0.2, 0.25) is 0 Å². The summed E-state index contributed by atoms with van der Waals surface area (Å²) in [4.78, 5) is 0. The van der Waals surface area contributed by atoms with Crippen LogP contribution in [0, 0.1) is 6.92 Å². The standard InChI is InChI=1S/C13H21N5/c1-10(2)18-9-12(6-16-18)5-14-7-13-8-15-17(4)11(13)3/h6,8-10,14H,5,7H2,1-4H3. The fourth-order valence-corrected chi connectivity index (χ4v) is 1.81. The van der Waals surface area contributed by atoms with Gasteiger partial charge in [0.2, 0.25) is 0 Å². The van der Waals surface area contributed by atoms with Crippen molar-refractivity contribution in [3.05, 3.63) is 35.4 Å². The molecule has 0 unspecified atom stereocenters. The molecule has 2 aromatic heterocycles. The number of nitrogens with one attached hydrogen (secondary N) is 1. The molecule has 0 bridgehead atoms. The van der Waals surface area contributed by atoms with E-state index in [4.69, 9.17) is 0 Å². The highest BCUT2D eigenvalue weighted by atomic mass is 15.3. The molecule has 2 aromatic rings. The zero-order valence-electron chi connectivity index (χ0n) is 11.5. The Labute approximate surface area is 108 Å². The molecule has 0 aliphatic rings. The summed E-state index contributed by atoms with van der Waals surface area (Å²) in [6.45, 7) is 8.01. The van der Waals surface area contributed by atoms with E-state index in [0.29, 0.717) is 6.04 Å². The second-order valence-corrected chi connectivity index (χ2v) is 4.90. The SMILES string of the molecule is Cc1c(CNCc2cnn(C(C)C)c2)cnn1C. The van der Waals surface area contributed by atoms with Crippen LogP contribution in [-0.2, 0) is 20.1 Å². The fraction of sp³-hybridized carbons (Fsp3) is 0.538. The van der Waals surface area contributed by atoms with Gasteiger partial charge in [-0.05, 0) is 20.8 Å². The van der Waals surface area contributed by atoms with E-state index in [-0.39, 0.29) is 0 Å². The van der Waals surface area contributed by atoms with Crippen LogP contribution < -0.4 is 5.32 Å². The van der Waals surface area contributed by atoms with E-state index in [9.17, 15) is 0 Å². The number of aromatic nitrogens is 4. The lowest BCUT2D eigenvalue weighted by molar-refractivity contribution is 0.531. The summed E-state index contributed by atoms with van der Waals surface area (Å²) in [7, 11) is 1.96. The minimum atomic E-state index is 0.416. The smallest absolute Gasteiger partial charge is 0.0537 e. The summed E-state index contributed by atoms with van der Waals surface area (Å²) in [5, 5.41) is 12.0. The maximum Gasteiger partial charge on any atom is 0.0537 e. The van der Waals surface area contributed by atoms with E-state index in [1.165, 1.54) is 16.8 Å². The van der Waals surface area contributed by atoms with Gasteiger partial charge in [-0.3, -0.25) is 9.36 Å². The highest BCUT2D eigenvalue weighted by molar-refractivity contribution is 5.15. The maximum absolute atomic E-state index is 4.32. The topological polar surface area (TPSA) is 47.7 Å². The molecule has 98 valence electrons. The third kappa shape index (κ3) is 2.79. The van der Waals surface area contributed by atoms with Crippen molar-refractivity contribution in [1.82, 2.24) is 24.9 Å². The van der Waals surface area contributed by atoms with Gasteiger partial charge in [-0.1, -0.05) is 0 Å². The first-order valence-electron chi connectivity index (χ1n) is 6.29. The van der Waals surface area contributed by atoms with Crippen LogP contribution in [0.25, 0.3) is 0 Å². The lowest BCUT2D eigenvalue weighted by Crippen LogP contribution is -2.13. The van der Waals surface area contributed by atoms with Crippen molar-refractivity contribution in [3.63, 3.8) is 0 Å². The van der Waals surface area contributed by atoms with E-state index >= 15 is 0 Å². The molecule has 5 heteroatoms. The zero-order valence-corrected chi connectivity index (χ0v) is 11.5. The molecule has 5 nitrogen and oxygen atoms in total. The van der Waals surface area contributed by atoms with Gasteiger partial charge < -0.3 is 5.32 Å². The molecule has 0 fully saturated rings. The third-order valence-electron chi connectivity index (χ3n) is 3.17. The van der Waals surface area contributed by atoms with Crippen molar-refractivity contribution >= 4 is 0 Å². The molecule has 0 spiro atoms. The van der Waals surface area contributed by atoms with Crippen LogP contribution in [0.3, 0.4) is 0 Å². The molecule has 1 N–H and O–H groups in total. The second kappa shape index (κ2) is 5.35. The zero-order chi connectivity index (χ0) is 13.1. The molecule has 0 amide bonds. The van der Waals surface area contributed by atoms with Crippen LogP contribution in [0.1, 0.15) is 36.7 Å². The Bertz CT molecular complexity index is 509. The summed E-state index contributed by atoms with van der Waals surface area (Å²) >= 11 is 0. The molecular formula is C13H21N5. The average Bonchev–Trinajstić information content (AvgIpc) is 2.91. The van der Waals surface area contributed by atoms with Gasteiger partial charge in [-0.2, -0.15) is 10.2 Å². The number of nitrogens with zero attached hydrogens (tertiary/aromatic N) is 4. The number of rotatable bonds is 5. The van der Waals surface area contributed by atoms with Gasteiger partial charge in [0.05, 0.1) is 12.4 Å². The largest absolute Gasteiger partial charge is 0.308 e. The molecule has 0 saturated carbocycles. The Morgan fingerprint density at radius 2 is 2.00 bits per heavy atom. The van der Waals surface area contributed by atoms with Crippen molar-refractivity contribution in [3.8, 4) is 0 Å². The molecule has 0 aliphatic heterocycles. The Morgan fingerprint density at radius 3 is 2.56 bits per heavy atom. The maximum atomic E-state index is 4.32. The molecule has 2 heterocycles. The highest BCUT2D eigenvalue weighted by Crippen LogP contribution is 2.07. The van der Waals surface area contributed by atoms with Crippen molar-refractivity contribution in [2.75, 3.05) is 0 Å². The highest BCUT2D eigenvalue weighted by Gasteiger charge is 2.04. The lowest BCUT2D eigenvalue weighted by Gasteiger charge is -2.04. The molecule has 0 atom stereocenters. The quantitative estimate of drug-likeness (QED) is 0.876. The van der Waals surface area contributed by atoms with Crippen molar-refractivity contribution in [2.24, 2.45) is 7.05 Å². The molecular weight excluding hydrogens is 226 g/mol. The summed E-state index contributed by atoms with van der Waals surface area (Å²) < 4.78 is 3.88. The van der Waals surface area contributed by atoms with E-state index in [0.717, 1.165) is 13.1 Å². The predicted molar refractivity (Wildman–Crippen MR) is 71.1 cm³/mol. The van der Waals surface area contributed by atoms with Crippen LogP contribution in [0.5, 0.6) is 0 Å².